The third-order valence-corrected chi connectivity index (χ3v) is 3.85. The Balaban J connectivity index is 2.08. The van der Waals surface area contributed by atoms with E-state index >= 15 is 0 Å². The second kappa shape index (κ2) is 7.93. The number of aliphatic hydroxyl groups excluding tert-OH is 1. The van der Waals surface area contributed by atoms with E-state index in [0.29, 0.717) is 0 Å². The highest BCUT2D eigenvalue weighted by Gasteiger charge is 2.23. The Bertz CT molecular complexity index is 599. The minimum absolute atomic E-state index is 0.194. The van der Waals surface area contributed by atoms with Gasteiger partial charge in [0.2, 0.25) is 0 Å². The molecule has 0 saturated carbocycles. The van der Waals surface area contributed by atoms with Crippen molar-refractivity contribution in [2.45, 2.75) is 32.9 Å². The van der Waals surface area contributed by atoms with Crippen LogP contribution in [-0.2, 0) is 0 Å². The maximum Gasteiger partial charge on any atom is 0.315 e. The van der Waals surface area contributed by atoms with Gasteiger partial charge in [0.05, 0.1) is 17.8 Å². The van der Waals surface area contributed by atoms with E-state index in [1.54, 1.807) is 6.20 Å². The number of urea groups is 1. The molecule has 2 aromatic rings. The summed E-state index contributed by atoms with van der Waals surface area (Å²) in [4.78, 5) is 16.6. The Morgan fingerprint density at radius 3 is 2.38 bits per heavy atom. The topological polar surface area (TPSA) is 74.2 Å². The maximum absolute atomic E-state index is 12.3. The summed E-state index contributed by atoms with van der Waals surface area (Å²) in [5.74, 6) is 0. The number of benzene rings is 1. The molecule has 2 unspecified atom stereocenters. The standard InChI is InChI=1S/C19H25N3O2/c1-19(2,3)16(23)13-21-18(24)22-17(14-9-5-4-6-10-14)15-11-7-8-12-20-15/h4-12,16-17,23H,13H2,1-3H3,(H2,21,22,24). The minimum Gasteiger partial charge on any atom is -0.391 e. The van der Waals surface area contributed by atoms with Crippen LogP contribution < -0.4 is 10.6 Å². The number of carbonyl (C=O) groups excluding carboxylic acids is 1. The predicted molar refractivity (Wildman–Crippen MR) is 94.5 cm³/mol. The van der Waals surface area contributed by atoms with Crippen LogP contribution in [0.15, 0.2) is 54.7 Å². The average molecular weight is 327 g/mol. The van der Waals surface area contributed by atoms with Gasteiger partial charge in [-0.25, -0.2) is 4.79 Å². The van der Waals surface area contributed by atoms with Crippen LogP contribution in [-0.4, -0.2) is 28.8 Å². The van der Waals surface area contributed by atoms with Crippen molar-refractivity contribution in [3.05, 3.63) is 66.0 Å². The Labute approximate surface area is 143 Å². The molecule has 0 fully saturated rings. The number of carbonyl (C=O) groups is 1. The highest BCUT2D eigenvalue weighted by molar-refractivity contribution is 5.75. The van der Waals surface area contributed by atoms with E-state index < -0.39 is 6.10 Å². The summed E-state index contributed by atoms with van der Waals surface area (Å²) >= 11 is 0. The molecule has 5 nitrogen and oxygen atoms in total. The normalized spacial score (nSPS) is 13.8. The molecule has 3 N–H and O–H groups in total. The lowest BCUT2D eigenvalue weighted by molar-refractivity contribution is 0.0649. The summed E-state index contributed by atoms with van der Waals surface area (Å²) in [5, 5.41) is 15.7. The summed E-state index contributed by atoms with van der Waals surface area (Å²) in [7, 11) is 0. The molecule has 0 radical (unpaired) electrons. The van der Waals surface area contributed by atoms with Crippen LogP contribution in [0.5, 0.6) is 0 Å². The number of rotatable bonds is 5. The van der Waals surface area contributed by atoms with Crippen LogP contribution in [0.3, 0.4) is 0 Å². The molecule has 2 atom stereocenters. The second-order valence-electron chi connectivity index (χ2n) is 6.83. The van der Waals surface area contributed by atoms with Gasteiger partial charge >= 0.3 is 6.03 Å². The van der Waals surface area contributed by atoms with Gasteiger partial charge in [0.25, 0.3) is 0 Å². The second-order valence-corrected chi connectivity index (χ2v) is 6.83. The van der Waals surface area contributed by atoms with Gasteiger partial charge in [-0.05, 0) is 23.1 Å². The molecule has 0 aliphatic rings. The summed E-state index contributed by atoms with van der Waals surface area (Å²) < 4.78 is 0. The smallest absolute Gasteiger partial charge is 0.315 e. The first-order chi connectivity index (χ1) is 11.4. The number of aromatic nitrogens is 1. The van der Waals surface area contributed by atoms with Crippen molar-refractivity contribution in [2.24, 2.45) is 5.41 Å². The van der Waals surface area contributed by atoms with E-state index in [1.807, 2.05) is 69.3 Å². The molecule has 24 heavy (non-hydrogen) atoms. The van der Waals surface area contributed by atoms with Gasteiger partial charge in [-0.3, -0.25) is 4.98 Å². The van der Waals surface area contributed by atoms with Crippen LogP contribution >= 0.6 is 0 Å². The van der Waals surface area contributed by atoms with Gasteiger partial charge in [-0.2, -0.15) is 0 Å². The van der Waals surface area contributed by atoms with Crippen LogP contribution in [0, 0.1) is 5.41 Å². The summed E-state index contributed by atoms with van der Waals surface area (Å²) in [6, 6.07) is 14.6. The zero-order valence-corrected chi connectivity index (χ0v) is 14.4. The van der Waals surface area contributed by atoms with E-state index in [2.05, 4.69) is 15.6 Å². The van der Waals surface area contributed by atoms with Crippen LogP contribution in [0.4, 0.5) is 4.79 Å². The van der Waals surface area contributed by atoms with E-state index in [-0.39, 0.29) is 24.0 Å². The third-order valence-electron chi connectivity index (χ3n) is 3.85. The molecule has 2 rings (SSSR count). The van der Waals surface area contributed by atoms with Crippen molar-refractivity contribution in [3.8, 4) is 0 Å². The number of aliphatic hydroxyl groups is 1. The Morgan fingerprint density at radius 2 is 1.79 bits per heavy atom. The Morgan fingerprint density at radius 1 is 1.12 bits per heavy atom. The van der Waals surface area contributed by atoms with E-state index in [4.69, 9.17) is 0 Å². The molecular weight excluding hydrogens is 302 g/mol. The molecule has 1 heterocycles. The van der Waals surface area contributed by atoms with Crippen LogP contribution in [0.1, 0.15) is 38.1 Å². The van der Waals surface area contributed by atoms with Crippen molar-refractivity contribution in [2.75, 3.05) is 6.54 Å². The first-order valence-corrected chi connectivity index (χ1v) is 8.06. The first kappa shape index (κ1) is 17.9. The fraction of sp³-hybridized carbons (Fsp3) is 0.368. The molecule has 0 saturated heterocycles. The van der Waals surface area contributed by atoms with Crippen LogP contribution in [0.25, 0.3) is 0 Å². The van der Waals surface area contributed by atoms with Crippen molar-refractivity contribution in [1.82, 2.24) is 15.6 Å². The lowest BCUT2D eigenvalue weighted by atomic mass is 9.89. The van der Waals surface area contributed by atoms with Crippen LogP contribution in [0.2, 0.25) is 0 Å². The predicted octanol–water partition coefficient (Wildman–Crippen LogP) is 2.88. The molecule has 0 spiro atoms. The quantitative estimate of drug-likeness (QED) is 0.790. The molecule has 0 bridgehead atoms. The molecular formula is C19H25N3O2. The van der Waals surface area contributed by atoms with Gasteiger partial charge in [0.1, 0.15) is 0 Å². The van der Waals surface area contributed by atoms with Gasteiger partial charge in [-0.1, -0.05) is 57.2 Å². The monoisotopic (exact) mass is 327 g/mol. The summed E-state index contributed by atoms with van der Waals surface area (Å²) in [5.41, 5.74) is 1.42. The van der Waals surface area contributed by atoms with Crippen molar-refractivity contribution < 1.29 is 9.90 Å². The molecule has 128 valence electrons. The number of nitrogens with one attached hydrogen (secondary N) is 2. The van der Waals surface area contributed by atoms with Gasteiger partial charge in [-0.15, -0.1) is 0 Å². The molecule has 1 aromatic heterocycles. The highest BCUT2D eigenvalue weighted by atomic mass is 16.3. The Kier molecular flexibility index (Phi) is 5.93. The number of amides is 2. The highest BCUT2D eigenvalue weighted by Crippen LogP contribution is 2.20. The molecule has 0 aliphatic heterocycles. The first-order valence-electron chi connectivity index (χ1n) is 8.06. The average Bonchev–Trinajstić information content (AvgIpc) is 2.58. The van der Waals surface area contributed by atoms with E-state index in [0.717, 1.165) is 11.3 Å². The number of hydrogen-bond donors (Lipinski definition) is 3. The molecule has 2 amide bonds. The summed E-state index contributed by atoms with van der Waals surface area (Å²) in [6.07, 6.45) is 1.09. The molecule has 0 aliphatic carbocycles. The van der Waals surface area contributed by atoms with Gasteiger partial charge in [0, 0.05) is 12.7 Å². The number of hydrogen-bond acceptors (Lipinski definition) is 3. The zero-order valence-electron chi connectivity index (χ0n) is 14.4. The Hall–Kier alpha value is -2.40. The third kappa shape index (κ3) is 5.06. The van der Waals surface area contributed by atoms with Crippen molar-refractivity contribution >= 4 is 6.03 Å². The fourth-order valence-electron chi connectivity index (χ4n) is 2.20. The summed E-state index contributed by atoms with van der Waals surface area (Å²) in [6.45, 7) is 5.98. The number of nitrogens with zero attached hydrogens (tertiary/aromatic N) is 1. The lowest BCUT2D eigenvalue weighted by Gasteiger charge is -2.26. The van der Waals surface area contributed by atoms with Gasteiger partial charge < -0.3 is 15.7 Å². The molecule has 1 aromatic carbocycles. The molecule has 5 heteroatoms. The van der Waals surface area contributed by atoms with E-state index in [9.17, 15) is 9.90 Å². The lowest BCUT2D eigenvalue weighted by Crippen LogP contribution is -2.44. The minimum atomic E-state index is -0.617. The largest absolute Gasteiger partial charge is 0.391 e. The van der Waals surface area contributed by atoms with Gasteiger partial charge in [0.15, 0.2) is 0 Å². The fourth-order valence-corrected chi connectivity index (χ4v) is 2.20. The van der Waals surface area contributed by atoms with Crippen molar-refractivity contribution in [1.29, 1.82) is 0 Å². The maximum atomic E-state index is 12.3. The van der Waals surface area contributed by atoms with Crippen molar-refractivity contribution in [3.63, 3.8) is 0 Å². The number of pyridine rings is 1. The van der Waals surface area contributed by atoms with E-state index in [1.165, 1.54) is 0 Å². The SMILES string of the molecule is CC(C)(C)C(O)CNC(=O)NC(c1ccccc1)c1ccccn1. The zero-order chi connectivity index (χ0) is 17.6.